The Bertz CT molecular complexity index is 1460. The van der Waals surface area contributed by atoms with Crippen molar-refractivity contribution < 1.29 is 14.3 Å². The molecule has 9 nitrogen and oxygen atoms in total. The second-order valence-corrected chi connectivity index (χ2v) is 10.5. The number of methoxy groups -OCH3 is 1. The monoisotopic (exact) mass is 538 g/mol. The molecule has 11 heteroatoms. The largest absolute Gasteiger partial charge is 0.486 e. The third kappa shape index (κ3) is 4.22. The van der Waals surface area contributed by atoms with Gasteiger partial charge in [-0.3, -0.25) is 10.1 Å². The number of amides is 1. The van der Waals surface area contributed by atoms with Crippen LogP contribution in [0.25, 0.3) is 22.2 Å². The van der Waals surface area contributed by atoms with Gasteiger partial charge in [0.1, 0.15) is 23.4 Å². The van der Waals surface area contributed by atoms with E-state index in [9.17, 15) is 4.79 Å². The Hall–Kier alpha value is -3.56. The zero-order valence-corrected chi connectivity index (χ0v) is 21.8. The molecule has 2 aliphatic rings. The molecule has 1 spiro atoms. The number of hydrogen-bond acceptors (Lipinski definition) is 7. The molecule has 6 rings (SSSR count). The molecule has 1 amide bonds. The van der Waals surface area contributed by atoms with Gasteiger partial charge in [0.15, 0.2) is 0 Å². The minimum absolute atomic E-state index is 0.158. The number of carbonyl (C=O) groups is 1. The van der Waals surface area contributed by atoms with E-state index in [4.69, 9.17) is 32.7 Å². The average molecular weight is 539 g/mol. The number of likely N-dealkylation sites (tertiary alicyclic amines) is 1. The summed E-state index contributed by atoms with van der Waals surface area (Å²) in [7, 11) is 1.41. The SMILES string of the molecule is COC(=O)N1CC2(C1)CN(c1ccc(-c3n[nH]c4ccc(O[C@H](C)c5c(Cl)cncc5Cl)cc34)cn1)C2. The fraction of sp³-hybridized carbons (Fsp3) is 0.308. The van der Waals surface area contributed by atoms with Gasteiger partial charge in [-0.25, -0.2) is 9.78 Å². The van der Waals surface area contributed by atoms with Gasteiger partial charge in [0.25, 0.3) is 0 Å². The van der Waals surface area contributed by atoms with Crippen LogP contribution in [0.15, 0.2) is 48.9 Å². The van der Waals surface area contributed by atoms with Crippen LogP contribution in [0.3, 0.4) is 0 Å². The molecule has 0 radical (unpaired) electrons. The van der Waals surface area contributed by atoms with Crippen molar-refractivity contribution in [3.8, 4) is 17.0 Å². The molecule has 3 aromatic heterocycles. The fourth-order valence-electron chi connectivity index (χ4n) is 5.22. The first-order chi connectivity index (χ1) is 17.9. The maximum Gasteiger partial charge on any atom is 0.409 e. The molecule has 0 aliphatic carbocycles. The highest BCUT2D eigenvalue weighted by Gasteiger charge is 2.53. The first kappa shape index (κ1) is 23.8. The Balaban J connectivity index is 1.16. The standard InChI is InChI=1S/C26H24Cl2N6O3/c1-15(23-19(27)9-29-10-20(23)28)37-17-4-5-21-18(7-17)24(32-31-21)16-3-6-22(30-8-16)33-11-26(12-33)13-34(14-26)25(35)36-2/h3-10,15H,11-14H2,1-2H3,(H,31,32)/t15-/m1/s1. The molecule has 1 atom stereocenters. The fourth-order valence-corrected chi connectivity index (χ4v) is 5.89. The molecule has 0 bridgehead atoms. The highest BCUT2D eigenvalue weighted by molar-refractivity contribution is 6.35. The van der Waals surface area contributed by atoms with Crippen molar-refractivity contribution in [2.45, 2.75) is 13.0 Å². The van der Waals surface area contributed by atoms with Gasteiger partial charge in [-0.1, -0.05) is 23.2 Å². The highest BCUT2D eigenvalue weighted by atomic mass is 35.5. The van der Waals surface area contributed by atoms with Crippen LogP contribution in [-0.2, 0) is 4.74 Å². The lowest BCUT2D eigenvalue weighted by Gasteiger charge is -2.59. The van der Waals surface area contributed by atoms with Crippen molar-refractivity contribution in [2.24, 2.45) is 5.41 Å². The summed E-state index contributed by atoms with van der Waals surface area (Å²) in [6.45, 7) is 5.12. The van der Waals surface area contributed by atoms with E-state index in [0.29, 0.717) is 21.4 Å². The van der Waals surface area contributed by atoms with Crippen molar-refractivity contribution >= 4 is 46.0 Å². The Labute approximate surface area is 223 Å². The van der Waals surface area contributed by atoms with Crippen LogP contribution in [0.5, 0.6) is 5.75 Å². The lowest BCUT2D eigenvalue weighted by Crippen LogP contribution is -2.73. The van der Waals surface area contributed by atoms with Gasteiger partial charge in [0, 0.05) is 66.7 Å². The van der Waals surface area contributed by atoms with Crippen molar-refractivity contribution in [3.63, 3.8) is 0 Å². The Morgan fingerprint density at radius 3 is 2.51 bits per heavy atom. The number of hydrogen-bond donors (Lipinski definition) is 1. The molecular formula is C26H24Cl2N6O3. The van der Waals surface area contributed by atoms with Gasteiger partial charge >= 0.3 is 6.09 Å². The number of benzene rings is 1. The maximum atomic E-state index is 11.6. The van der Waals surface area contributed by atoms with Gasteiger partial charge in [-0.05, 0) is 37.3 Å². The van der Waals surface area contributed by atoms with Gasteiger partial charge in [-0.2, -0.15) is 5.10 Å². The van der Waals surface area contributed by atoms with E-state index in [1.54, 1.807) is 17.3 Å². The molecule has 37 heavy (non-hydrogen) atoms. The first-order valence-corrected chi connectivity index (χ1v) is 12.6. The number of rotatable bonds is 5. The minimum Gasteiger partial charge on any atom is -0.486 e. The second-order valence-electron chi connectivity index (χ2n) is 9.64. The first-order valence-electron chi connectivity index (χ1n) is 11.8. The minimum atomic E-state index is -0.369. The Morgan fingerprint density at radius 1 is 1.08 bits per heavy atom. The van der Waals surface area contributed by atoms with Crippen LogP contribution in [-0.4, -0.2) is 64.4 Å². The summed E-state index contributed by atoms with van der Waals surface area (Å²) in [6, 6.07) is 9.80. The second kappa shape index (κ2) is 9.08. The van der Waals surface area contributed by atoms with Crippen molar-refractivity contribution in [1.29, 1.82) is 0 Å². The van der Waals surface area contributed by atoms with E-state index < -0.39 is 0 Å². The van der Waals surface area contributed by atoms with Crippen molar-refractivity contribution in [2.75, 3.05) is 38.2 Å². The zero-order chi connectivity index (χ0) is 25.7. The van der Waals surface area contributed by atoms with Crippen LogP contribution < -0.4 is 9.64 Å². The summed E-state index contributed by atoms with van der Waals surface area (Å²) in [5.74, 6) is 1.58. The predicted octanol–water partition coefficient (Wildman–Crippen LogP) is 5.36. The number of anilines is 1. The van der Waals surface area contributed by atoms with Crippen LogP contribution in [0, 0.1) is 5.41 Å². The van der Waals surface area contributed by atoms with Crippen LogP contribution in [0.2, 0.25) is 10.0 Å². The average Bonchev–Trinajstić information content (AvgIpc) is 3.25. The van der Waals surface area contributed by atoms with Gasteiger partial charge < -0.3 is 19.3 Å². The summed E-state index contributed by atoms with van der Waals surface area (Å²) in [5, 5.41) is 9.45. The maximum absolute atomic E-state index is 11.6. The lowest BCUT2D eigenvalue weighted by atomic mass is 9.73. The molecular weight excluding hydrogens is 515 g/mol. The van der Waals surface area contributed by atoms with E-state index in [1.807, 2.05) is 43.5 Å². The number of fused-ring (bicyclic) bond motifs is 1. The molecule has 1 aromatic carbocycles. The van der Waals surface area contributed by atoms with Gasteiger partial charge in [0.2, 0.25) is 0 Å². The molecule has 2 aliphatic heterocycles. The number of carbonyl (C=O) groups excluding carboxylic acids is 1. The highest BCUT2D eigenvalue weighted by Crippen LogP contribution is 2.42. The summed E-state index contributed by atoms with van der Waals surface area (Å²) in [4.78, 5) is 24.3. The molecule has 1 N–H and O–H groups in total. The summed E-state index contributed by atoms with van der Waals surface area (Å²) < 4.78 is 11.0. The number of pyridine rings is 2. The van der Waals surface area contributed by atoms with Crippen molar-refractivity contribution in [1.82, 2.24) is 25.1 Å². The number of nitrogens with one attached hydrogen (secondary N) is 1. The van der Waals surface area contributed by atoms with Crippen LogP contribution in [0.4, 0.5) is 10.6 Å². The van der Waals surface area contributed by atoms with E-state index in [2.05, 4.69) is 25.1 Å². The molecule has 2 fully saturated rings. The third-order valence-electron chi connectivity index (χ3n) is 7.03. The molecule has 0 unspecified atom stereocenters. The molecule has 0 saturated carbocycles. The molecule has 2 saturated heterocycles. The van der Waals surface area contributed by atoms with Crippen LogP contribution >= 0.6 is 23.2 Å². The lowest BCUT2D eigenvalue weighted by molar-refractivity contribution is -0.0153. The quantitative estimate of drug-likeness (QED) is 0.365. The summed E-state index contributed by atoms with van der Waals surface area (Å²) in [6.07, 6.45) is 4.32. The van der Waals surface area contributed by atoms with Gasteiger partial charge in [-0.15, -0.1) is 0 Å². The number of H-pyrrole nitrogens is 1. The predicted molar refractivity (Wildman–Crippen MR) is 141 cm³/mol. The number of aromatic nitrogens is 4. The smallest absolute Gasteiger partial charge is 0.409 e. The van der Waals surface area contributed by atoms with E-state index >= 15 is 0 Å². The normalized spacial score (nSPS) is 16.9. The summed E-state index contributed by atoms with van der Waals surface area (Å²) in [5.41, 5.74) is 3.43. The molecule has 4 aromatic rings. The number of halogens is 2. The van der Waals surface area contributed by atoms with Crippen LogP contribution in [0.1, 0.15) is 18.6 Å². The third-order valence-corrected chi connectivity index (χ3v) is 7.63. The Morgan fingerprint density at radius 2 is 1.84 bits per heavy atom. The zero-order valence-electron chi connectivity index (χ0n) is 20.2. The number of ether oxygens (including phenoxy) is 2. The number of nitrogens with zero attached hydrogens (tertiary/aromatic N) is 5. The van der Waals surface area contributed by atoms with Crippen molar-refractivity contribution in [3.05, 3.63) is 64.5 Å². The summed E-state index contributed by atoms with van der Waals surface area (Å²) >= 11 is 12.6. The molecule has 5 heterocycles. The van der Waals surface area contributed by atoms with E-state index in [-0.39, 0.29) is 17.6 Å². The van der Waals surface area contributed by atoms with E-state index in [0.717, 1.165) is 54.2 Å². The number of aromatic amines is 1. The topological polar surface area (TPSA) is 96.5 Å². The molecule has 190 valence electrons. The van der Waals surface area contributed by atoms with E-state index in [1.165, 1.54) is 7.11 Å². The Kier molecular flexibility index (Phi) is 5.84. The van der Waals surface area contributed by atoms with Gasteiger partial charge in [0.05, 0.1) is 22.7 Å².